The van der Waals surface area contributed by atoms with Gasteiger partial charge in [-0.1, -0.05) is 29.3 Å². The molecule has 1 saturated heterocycles. The molecule has 2 heterocycles. The molecule has 100 valence electrons. The first-order valence-corrected chi connectivity index (χ1v) is 8.10. The highest BCUT2D eigenvalue weighted by atomic mass is 79.9. The van der Waals surface area contributed by atoms with E-state index in [4.69, 9.17) is 0 Å². The van der Waals surface area contributed by atoms with Gasteiger partial charge in [-0.05, 0) is 32.1 Å². The fourth-order valence-corrected chi connectivity index (χ4v) is 3.01. The molecule has 1 atom stereocenters. The van der Waals surface area contributed by atoms with Crippen LogP contribution in [-0.2, 0) is 6.42 Å². The second kappa shape index (κ2) is 7.07. The van der Waals surface area contributed by atoms with Gasteiger partial charge in [0.15, 0.2) is 0 Å². The van der Waals surface area contributed by atoms with Crippen molar-refractivity contribution >= 4 is 21.7 Å². The third-order valence-electron chi connectivity index (χ3n) is 3.56. The summed E-state index contributed by atoms with van der Waals surface area (Å²) in [5, 5.41) is 1.10. The van der Waals surface area contributed by atoms with Gasteiger partial charge < -0.3 is 4.90 Å². The SMILES string of the molecule is CCCc1cc(N2CCCC2CCCBr)ncn1. The second-order valence-corrected chi connectivity index (χ2v) is 5.73. The van der Waals surface area contributed by atoms with Crippen LogP contribution < -0.4 is 4.90 Å². The van der Waals surface area contributed by atoms with Gasteiger partial charge in [0.25, 0.3) is 0 Å². The summed E-state index contributed by atoms with van der Waals surface area (Å²) < 4.78 is 0. The molecule has 4 heteroatoms. The van der Waals surface area contributed by atoms with E-state index in [2.05, 4.69) is 43.8 Å². The molecule has 1 aromatic heterocycles. The lowest BCUT2D eigenvalue weighted by Gasteiger charge is -2.25. The zero-order valence-electron chi connectivity index (χ0n) is 11.1. The molecule has 1 aliphatic rings. The van der Waals surface area contributed by atoms with Crippen LogP contribution >= 0.6 is 15.9 Å². The predicted molar refractivity (Wildman–Crippen MR) is 79.4 cm³/mol. The summed E-state index contributed by atoms with van der Waals surface area (Å²) in [6.45, 7) is 3.34. The van der Waals surface area contributed by atoms with Crippen LogP contribution in [0.4, 0.5) is 5.82 Å². The van der Waals surface area contributed by atoms with Crippen molar-refractivity contribution in [1.29, 1.82) is 0 Å². The summed E-state index contributed by atoms with van der Waals surface area (Å²) in [6.07, 6.45) is 9.02. The van der Waals surface area contributed by atoms with E-state index in [9.17, 15) is 0 Å². The van der Waals surface area contributed by atoms with E-state index in [1.165, 1.54) is 31.4 Å². The minimum atomic E-state index is 0.673. The molecular formula is C14H22BrN3. The van der Waals surface area contributed by atoms with Gasteiger partial charge in [0.2, 0.25) is 0 Å². The van der Waals surface area contributed by atoms with Crippen LogP contribution in [-0.4, -0.2) is 27.9 Å². The lowest BCUT2D eigenvalue weighted by molar-refractivity contribution is 0.599. The average molecular weight is 312 g/mol. The Morgan fingerprint density at radius 2 is 2.33 bits per heavy atom. The van der Waals surface area contributed by atoms with Gasteiger partial charge in [0.05, 0.1) is 0 Å². The molecule has 0 bridgehead atoms. The predicted octanol–water partition coefficient (Wildman–Crippen LogP) is 3.57. The number of rotatable bonds is 6. The van der Waals surface area contributed by atoms with Gasteiger partial charge in [0, 0.05) is 29.7 Å². The molecule has 0 N–H and O–H groups in total. The van der Waals surface area contributed by atoms with E-state index in [0.29, 0.717) is 6.04 Å². The normalized spacial score (nSPS) is 19.4. The molecule has 2 rings (SSSR count). The quantitative estimate of drug-likeness (QED) is 0.752. The number of aromatic nitrogens is 2. The summed E-state index contributed by atoms with van der Waals surface area (Å²) in [4.78, 5) is 11.3. The summed E-state index contributed by atoms with van der Waals surface area (Å²) in [5.74, 6) is 1.13. The van der Waals surface area contributed by atoms with E-state index in [0.717, 1.165) is 30.5 Å². The maximum Gasteiger partial charge on any atom is 0.132 e. The Labute approximate surface area is 118 Å². The van der Waals surface area contributed by atoms with Gasteiger partial charge in [-0.25, -0.2) is 9.97 Å². The fraction of sp³-hybridized carbons (Fsp3) is 0.714. The standard InChI is InChI=1S/C14H22BrN3/c1-2-5-12-10-14(17-11-16-12)18-9-4-7-13(18)6-3-8-15/h10-11,13H,2-9H2,1H3. The molecular weight excluding hydrogens is 290 g/mol. The summed E-state index contributed by atoms with van der Waals surface area (Å²) >= 11 is 3.52. The topological polar surface area (TPSA) is 29.0 Å². The van der Waals surface area contributed by atoms with E-state index < -0.39 is 0 Å². The van der Waals surface area contributed by atoms with Gasteiger partial charge >= 0.3 is 0 Å². The number of aryl methyl sites for hydroxylation is 1. The highest BCUT2D eigenvalue weighted by molar-refractivity contribution is 9.09. The van der Waals surface area contributed by atoms with Crippen molar-refractivity contribution < 1.29 is 0 Å². The van der Waals surface area contributed by atoms with Crippen LogP contribution in [0, 0.1) is 0 Å². The van der Waals surface area contributed by atoms with Crippen molar-refractivity contribution in [3.05, 3.63) is 18.1 Å². The van der Waals surface area contributed by atoms with Crippen molar-refractivity contribution in [2.45, 2.75) is 51.5 Å². The van der Waals surface area contributed by atoms with Gasteiger partial charge in [0.1, 0.15) is 12.1 Å². The van der Waals surface area contributed by atoms with Crippen molar-refractivity contribution in [2.24, 2.45) is 0 Å². The maximum atomic E-state index is 4.47. The lowest BCUT2D eigenvalue weighted by atomic mass is 10.1. The molecule has 0 aromatic carbocycles. The van der Waals surface area contributed by atoms with Crippen molar-refractivity contribution in [1.82, 2.24) is 9.97 Å². The smallest absolute Gasteiger partial charge is 0.132 e. The third kappa shape index (κ3) is 3.44. The molecule has 0 spiro atoms. The van der Waals surface area contributed by atoms with Crippen LogP contribution in [0.5, 0.6) is 0 Å². The molecule has 18 heavy (non-hydrogen) atoms. The first kappa shape index (κ1) is 13.8. The Hall–Kier alpha value is -0.640. The summed E-state index contributed by atoms with van der Waals surface area (Å²) in [7, 11) is 0. The summed E-state index contributed by atoms with van der Waals surface area (Å²) in [6, 6.07) is 2.85. The molecule has 0 radical (unpaired) electrons. The lowest BCUT2D eigenvalue weighted by Crippen LogP contribution is -2.30. The van der Waals surface area contributed by atoms with Crippen molar-refractivity contribution in [3.8, 4) is 0 Å². The largest absolute Gasteiger partial charge is 0.354 e. The zero-order chi connectivity index (χ0) is 12.8. The third-order valence-corrected chi connectivity index (χ3v) is 4.12. The molecule has 1 fully saturated rings. The van der Waals surface area contributed by atoms with Crippen LogP contribution in [0.15, 0.2) is 12.4 Å². The van der Waals surface area contributed by atoms with Gasteiger partial charge in [-0.3, -0.25) is 0 Å². The Kier molecular flexibility index (Phi) is 5.42. The second-order valence-electron chi connectivity index (χ2n) is 4.94. The maximum absolute atomic E-state index is 4.47. The molecule has 0 saturated carbocycles. The number of anilines is 1. The highest BCUT2D eigenvalue weighted by Crippen LogP contribution is 2.27. The zero-order valence-corrected chi connectivity index (χ0v) is 12.7. The molecule has 1 aromatic rings. The minimum absolute atomic E-state index is 0.673. The van der Waals surface area contributed by atoms with E-state index >= 15 is 0 Å². The van der Waals surface area contributed by atoms with E-state index in [-0.39, 0.29) is 0 Å². The van der Waals surface area contributed by atoms with Gasteiger partial charge in [-0.2, -0.15) is 0 Å². The monoisotopic (exact) mass is 311 g/mol. The minimum Gasteiger partial charge on any atom is -0.354 e. The molecule has 0 aliphatic carbocycles. The van der Waals surface area contributed by atoms with Crippen molar-refractivity contribution in [2.75, 3.05) is 16.8 Å². The van der Waals surface area contributed by atoms with Crippen LogP contribution in [0.1, 0.15) is 44.7 Å². The van der Waals surface area contributed by atoms with Crippen LogP contribution in [0.3, 0.4) is 0 Å². The molecule has 0 amide bonds. The first-order chi connectivity index (χ1) is 8.85. The Morgan fingerprint density at radius 1 is 1.44 bits per heavy atom. The number of alkyl halides is 1. The van der Waals surface area contributed by atoms with Crippen LogP contribution in [0.2, 0.25) is 0 Å². The Balaban J connectivity index is 2.06. The van der Waals surface area contributed by atoms with Crippen molar-refractivity contribution in [3.63, 3.8) is 0 Å². The average Bonchev–Trinajstić information content (AvgIpc) is 2.85. The fourth-order valence-electron chi connectivity index (χ4n) is 2.69. The number of hydrogen-bond acceptors (Lipinski definition) is 3. The van der Waals surface area contributed by atoms with Crippen LogP contribution in [0.25, 0.3) is 0 Å². The Bertz CT molecular complexity index is 370. The number of hydrogen-bond donors (Lipinski definition) is 0. The number of halogens is 1. The van der Waals surface area contributed by atoms with E-state index in [1.807, 2.05) is 0 Å². The first-order valence-electron chi connectivity index (χ1n) is 6.98. The number of nitrogens with zero attached hydrogens (tertiary/aromatic N) is 3. The van der Waals surface area contributed by atoms with Gasteiger partial charge in [-0.15, -0.1) is 0 Å². The molecule has 1 unspecified atom stereocenters. The van der Waals surface area contributed by atoms with E-state index in [1.54, 1.807) is 6.33 Å². The molecule has 1 aliphatic heterocycles. The summed E-state index contributed by atoms with van der Waals surface area (Å²) in [5.41, 5.74) is 1.17. The molecule has 3 nitrogen and oxygen atoms in total. The Morgan fingerprint density at radius 3 is 3.11 bits per heavy atom. The highest BCUT2D eigenvalue weighted by Gasteiger charge is 2.25.